The van der Waals surface area contributed by atoms with E-state index < -0.39 is 27.4 Å². The third kappa shape index (κ3) is 6.34. The van der Waals surface area contributed by atoms with Crippen molar-refractivity contribution < 1.29 is 22.9 Å². The number of hydrazone groups is 1. The molecule has 1 N–H and O–H groups in total. The van der Waals surface area contributed by atoms with Gasteiger partial charge in [-0.15, -0.1) is 0 Å². The highest BCUT2D eigenvalue weighted by Gasteiger charge is 2.27. The summed E-state index contributed by atoms with van der Waals surface area (Å²) in [6.45, 7) is 1.04. The normalized spacial score (nSPS) is 11.6. The molecular formula is C23H21ClN4O6S. The molecule has 10 nitrogen and oxygen atoms in total. The van der Waals surface area contributed by atoms with Gasteiger partial charge in [0, 0.05) is 17.2 Å². The van der Waals surface area contributed by atoms with E-state index in [0.717, 1.165) is 4.31 Å². The lowest BCUT2D eigenvalue weighted by Crippen LogP contribution is -2.39. The zero-order valence-corrected chi connectivity index (χ0v) is 20.3. The highest BCUT2D eigenvalue weighted by molar-refractivity contribution is 7.92. The van der Waals surface area contributed by atoms with Crippen LogP contribution in [0.2, 0.25) is 5.02 Å². The van der Waals surface area contributed by atoms with Crippen LogP contribution in [0.1, 0.15) is 12.5 Å². The van der Waals surface area contributed by atoms with Crippen LogP contribution in [0.3, 0.4) is 0 Å². The average molecular weight is 517 g/mol. The topological polar surface area (TPSA) is 131 Å². The first-order valence-corrected chi connectivity index (χ1v) is 11.9. The van der Waals surface area contributed by atoms with Crippen LogP contribution in [0.15, 0.2) is 82.8 Å². The summed E-state index contributed by atoms with van der Waals surface area (Å²) in [7, 11) is -2.66. The zero-order valence-electron chi connectivity index (χ0n) is 18.7. The maximum absolute atomic E-state index is 13.4. The maximum Gasteiger partial charge on any atom is 0.269 e. The Kier molecular flexibility index (Phi) is 8.05. The van der Waals surface area contributed by atoms with Gasteiger partial charge in [0.2, 0.25) is 0 Å². The number of carbonyl (C=O) groups is 1. The van der Waals surface area contributed by atoms with Gasteiger partial charge >= 0.3 is 0 Å². The Morgan fingerprint density at radius 3 is 2.20 bits per heavy atom. The van der Waals surface area contributed by atoms with E-state index in [2.05, 4.69) is 10.5 Å². The molecule has 0 saturated carbocycles. The summed E-state index contributed by atoms with van der Waals surface area (Å²) in [4.78, 5) is 22.9. The van der Waals surface area contributed by atoms with Gasteiger partial charge in [-0.25, -0.2) is 13.8 Å². The van der Waals surface area contributed by atoms with Crippen molar-refractivity contribution in [1.82, 2.24) is 5.43 Å². The van der Waals surface area contributed by atoms with Crippen LogP contribution in [0.4, 0.5) is 11.4 Å². The van der Waals surface area contributed by atoms with Crippen molar-refractivity contribution in [3.63, 3.8) is 0 Å². The fraction of sp³-hybridized carbons (Fsp3) is 0.130. The van der Waals surface area contributed by atoms with Crippen LogP contribution in [-0.4, -0.2) is 38.6 Å². The quantitative estimate of drug-likeness (QED) is 0.260. The number of nitrogens with zero attached hydrogens (tertiary/aromatic N) is 3. The van der Waals surface area contributed by atoms with Crippen LogP contribution in [0.25, 0.3) is 0 Å². The largest absolute Gasteiger partial charge is 0.497 e. The van der Waals surface area contributed by atoms with Gasteiger partial charge in [-0.2, -0.15) is 5.10 Å². The second-order valence-corrected chi connectivity index (χ2v) is 9.50. The molecule has 0 atom stereocenters. The number of nitrogens with one attached hydrogen (secondary N) is 1. The number of amides is 1. The minimum atomic E-state index is -4.13. The van der Waals surface area contributed by atoms with Crippen LogP contribution >= 0.6 is 11.6 Å². The summed E-state index contributed by atoms with van der Waals surface area (Å²) >= 11 is 5.94. The van der Waals surface area contributed by atoms with Crippen molar-refractivity contribution >= 4 is 44.6 Å². The SMILES string of the molecule is COc1ccc(S(=O)(=O)N(CC(=O)N/N=C(/C)c2ccc([N+](=O)[O-])cc2)c2ccc(Cl)cc2)cc1. The third-order valence-electron chi connectivity index (χ3n) is 4.89. The number of rotatable bonds is 9. The van der Waals surface area contributed by atoms with Crippen molar-refractivity contribution in [2.24, 2.45) is 5.10 Å². The number of ether oxygens (including phenoxy) is 1. The zero-order chi connectivity index (χ0) is 25.6. The van der Waals surface area contributed by atoms with Gasteiger partial charge in [-0.05, 0) is 73.2 Å². The summed E-state index contributed by atoms with van der Waals surface area (Å²) in [5.74, 6) is -0.214. The molecule has 3 aromatic carbocycles. The monoisotopic (exact) mass is 516 g/mol. The second-order valence-electron chi connectivity index (χ2n) is 7.20. The molecule has 0 aliphatic rings. The van der Waals surface area contributed by atoms with Gasteiger partial charge in [0.25, 0.3) is 21.6 Å². The van der Waals surface area contributed by atoms with Crippen molar-refractivity contribution in [3.8, 4) is 5.75 Å². The molecule has 35 heavy (non-hydrogen) atoms. The van der Waals surface area contributed by atoms with E-state index in [1.54, 1.807) is 6.92 Å². The summed E-state index contributed by atoms with van der Waals surface area (Å²) < 4.78 is 32.8. The van der Waals surface area contributed by atoms with Gasteiger partial charge in [-0.1, -0.05) is 11.6 Å². The highest BCUT2D eigenvalue weighted by Crippen LogP contribution is 2.26. The standard InChI is InChI=1S/C23H21ClN4O6S/c1-16(17-3-7-20(8-4-17)28(30)31)25-26-23(29)15-27(19-9-5-18(24)6-10-19)35(32,33)22-13-11-21(34-2)12-14-22/h3-14H,15H2,1-2H3,(H,26,29)/b25-16-. The molecule has 1 amide bonds. The van der Waals surface area contributed by atoms with E-state index in [9.17, 15) is 23.3 Å². The Hall–Kier alpha value is -3.96. The number of hydrogen-bond acceptors (Lipinski definition) is 7. The molecule has 0 spiro atoms. The van der Waals surface area contributed by atoms with E-state index >= 15 is 0 Å². The Balaban J connectivity index is 1.84. The number of methoxy groups -OCH3 is 1. The fourth-order valence-corrected chi connectivity index (χ4v) is 4.55. The van der Waals surface area contributed by atoms with E-state index in [4.69, 9.17) is 16.3 Å². The number of nitro groups is 1. The lowest BCUT2D eigenvalue weighted by Gasteiger charge is -2.24. The molecule has 0 radical (unpaired) electrons. The molecule has 0 unspecified atom stereocenters. The van der Waals surface area contributed by atoms with Gasteiger partial charge in [-0.3, -0.25) is 19.2 Å². The van der Waals surface area contributed by atoms with Crippen molar-refractivity contribution in [2.45, 2.75) is 11.8 Å². The molecule has 0 aliphatic heterocycles. The van der Waals surface area contributed by atoms with E-state index in [1.165, 1.54) is 79.9 Å². The number of sulfonamides is 1. The van der Waals surface area contributed by atoms with Gasteiger partial charge in [0.1, 0.15) is 12.3 Å². The minimum Gasteiger partial charge on any atom is -0.497 e. The number of anilines is 1. The second kappa shape index (κ2) is 11.0. The molecule has 0 saturated heterocycles. The van der Waals surface area contributed by atoms with E-state index in [0.29, 0.717) is 22.0 Å². The molecule has 0 fully saturated rings. The fourth-order valence-electron chi connectivity index (χ4n) is 3.00. The summed E-state index contributed by atoms with van der Waals surface area (Å²) in [6.07, 6.45) is 0. The predicted octanol–water partition coefficient (Wildman–Crippen LogP) is 3.99. The number of nitro benzene ring substituents is 1. The highest BCUT2D eigenvalue weighted by atomic mass is 35.5. The van der Waals surface area contributed by atoms with Gasteiger partial charge < -0.3 is 4.74 Å². The molecule has 0 aromatic heterocycles. The average Bonchev–Trinajstić information content (AvgIpc) is 2.86. The molecule has 3 aromatic rings. The molecule has 0 aliphatic carbocycles. The maximum atomic E-state index is 13.4. The first-order valence-electron chi connectivity index (χ1n) is 10.1. The summed E-state index contributed by atoms with van der Waals surface area (Å²) in [5.41, 5.74) is 3.42. The van der Waals surface area contributed by atoms with Gasteiger partial charge in [0.15, 0.2) is 0 Å². The van der Waals surface area contributed by atoms with Crippen molar-refractivity contribution in [3.05, 3.63) is 93.5 Å². The number of benzene rings is 3. The van der Waals surface area contributed by atoms with E-state index in [1.807, 2.05) is 0 Å². The molecule has 0 bridgehead atoms. The number of non-ortho nitro benzene ring substituents is 1. The van der Waals surface area contributed by atoms with E-state index in [-0.39, 0.29) is 16.3 Å². The molecule has 12 heteroatoms. The number of hydrogen-bond donors (Lipinski definition) is 1. The predicted molar refractivity (Wildman–Crippen MR) is 132 cm³/mol. The first-order chi connectivity index (χ1) is 16.6. The van der Waals surface area contributed by atoms with Gasteiger partial charge in [0.05, 0.1) is 28.3 Å². The third-order valence-corrected chi connectivity index (χ3v) is 6.93. The summed E-state index contributed by atoms with van der Waals surface area (Å²) in [5, 5.41) is 15.2. The smallest absolute Gasteiger partial charge is 0.269 e. The lowest BCUT2D eigenvalue weighted by molar-refractivity contribution is -0.384. The van der Waals surface area contributed by atoms with Crippen molar-refractivity contribution in [1.29, 1.82) is 0 Å². The minimum absolute atomic E-state index is 0.0355. The Bertz CT molecular complexity index is 1340. The molecule has 182 valence electrons. The number of carbonyl (C=O) groups excluding carboxylic acids is 1. The molecule has 3 rings (SSSR count). The van der Waals surface area contributed by atoms with Crippen molar-refractivity contribution in [2.75, 3.05) is 18.0 Å². The Morgan fingerprint density at radius 1 is 1.06 bits per heavy atom. The molecular weight excluding hydrogens is 496 g/mol. The van der Waals surface area contributed by atoms with Crippen LogP contribution in [0.5, 0.6) is 5.75 Å². The molecule has 0 heterocycles. The number of halogens is 1. The van der Waals surface area contributed by atoms with Crippen LogP contribution < -0.4 is 14.5 Å². The summed E-state index contributed by atoms with van der Waals surface area (Å²) in [6, 6.07) is 17.4. The lowest BCUT2D eigenvalue weighted by atomic mass is 10.1. The first kappa shape index (κ1) is 25.7. The van der Waals surface area contributed by atoms with Crippen LogP contribution in [-0.2, 0) is 14.8 Å². The van der Waals surface area contributed by atoms with Crippen LogP contribution in [0, 0.1) is 10.1 Å². The Morgan fingerprint density at radius 2 is 1.66 bits per heavy atom. The Labute approximate surface area is 207 Å².